The van der Waals surface area contributed by atoms with E-state index in [1.807, 2.05) is 0 Å². The van der Waals surface area contributed by atoms with Crippen molar-refractivity contribution >= 4 is 6.08 Å². The van der Waals surface area contributed by atoms with Crippen molar-refractivity contribution in [1.82, 2.24) is 0 Å². The molecule has 0 spiro atoms. The third kappa shape index (κ3) is 3.61. The van der Waals surface area contributed by atoms with Gasteiger partial charge in [-0.15, -0.1) is 6.58 Å². The molecule has 1 aromatic carbocycles. The molecule has 0 atom stereocenters. The summed E-state index contributed by atoms with van der Waals surface area (Å²) in [5.74, 6) is 0. The maximum atomic E-state index is 3.88. The first kappa shape index (κ1) is 10.8. The van der Waals surface area contributed by atoms with Crippen LogP contribution >= 0.6 is 0 Å². The lowest BCUT2D eigenvalue weighted by Crippen LogP contribution is -1.78. The molecule has 0 aliphatic heterocycles. The fourth-order valence-corrected chi connectivity index (χ4v) is 1.31. The Morgan fingerprint density at radius 1 is 1.36 bits per heavy atom. The Labute approximate surface area is 87.0 Å². The maximum absolute atomic E-state index is 3.88. The molecule has 0 heterocycles. The molecule has 0 aliphatic carbocycles. The zero-order chi connectivity index (χ0) is 10.4. The number of aryl methyl sites for hydroxylation is 1. The van der Waals surface area contributed by atoms with Crippen molar-refractivity contribution < 1.29 is 0 Å². The summed E-state index contributed by atoms with van der Waals surface area (Å²) in [6.07, 6.45) is 6.58. The van der Waals surface area contributed by atoms with E-state index in [0.29, 0.717) is 0 Å². The van der Waals surface area contributed by atoms with Gasteiger partial charge in [-0.25, -0.2) is 0 Å². The summed E-state index contributed by atoms with van der Waals surface area (Å²) in [5, 5.41) is 0. The van der Waals surface area contributed by atoms with Gasteiger partial charge in [0.05, 0.1) is 0 Å². The average Bonchev–Trinajstić information content (AvgIpc) is 2.15. The quantitative estimate of drug-likeness (QED) is 0.613. The van der Waals surface area contributed by atoms with Gasteiger partial charge in [-0.05, 0) is 37.8 Å². The van der Waals surface area contributed by atoms with Crippen molar-refractivity contribution in [3.63, 3.8) is 0 Å². The number of rotatable bonds is 4. The highest BCUT2D eigenvalue weighted by Gasteiger charge is 1.90. The molecule has 0 saturated heterocycles. The van der Waals surface area contributed by atoms with Crippen molar-refractivity contribution in [2.45, 2.75) is 26.7 Å². The number of allylic oxidation sites excluding steroid dienone is 2. The summed E-state index contributed by atoms with van der Waals surface area (Å²) < 4.78 is 0. The van der Waals surface area contributed by atoms with Gasteiger partial charge in [0.25, 0.3) is 0 Å². The SMILES string of the molecule is C=C(C)CC/C=C/c1ccccc1C. The topological polar surface area (TPSA) is 0 Å². The summed E-state index contributed by atoms with van der Waals surface area (Å²) in [6, 6.07) is 8.43. The van der Waals surface area contributed by atoms with Crippen molar-refractivity contribution in [3.8, 4) is 0 Å². The highest BCUT2D eigenvalue weighted by Crippen LogP contribution is 2.10. The van der Waals surface area contributed by atoms with Crippen LogP contribution in [0, 0.1) is 6.92 Å². The van der Waals surface area contributed by atoms with E-state index in [4.69, 9.17) is 0 Å². The van der Waals surface area contributed by atoms with Crippen LogP contribution in [0.1, 0.15) is 30.9 Å². The molecule has 0 fully saturated rings. The van der Waals surface area contributed by atoms with Gasteiger partial charge >= 0.3 is 0 Å². The molecule has 0 aromatic heterocycles. The van der Waals surface area contributed by atoms with E-state index >= 15 is 0 Å². The van der Waals surface area contributed by atoms with Crippen LogP contribution in [0.15, 0.2) is 42.5 Å². The molecular formula is C14H18. The minimum atomic E-state index is 1.09. The second kappa shape index (κ2) is 5.43. The number of hydrogen-bond donors (Lipinski definition) is 0. The van der Waals surface area contributed by atoms with E-state index in [9.17, 15) is 0 Å². The van der Waals surface area contributed by atoms with E-state index in [1.54, 1.807) is 0 Å². The summed E-state index contributed by atoms with van der Waals surface area (Å²) in [6.45, 7) is 8.09. The predicted octanol–water partition coefficient (Wildman–Crippen LogP) is 4.36. The Morgan fingerprint density at radius 3 is 2.71 bits per heavy atom. The molecule has 0 radical (unpaired) electrons. The summed E-state index contributed by atoms with van der Waals surface area (Å²) >= 11 is 0. The zero-order valence-corrected chi connectivity index (χ0v) is 9.09. The molecule has 0 N–H and O–H groups in total. The molecule has 74 valence electrons. The molecule has 0 nitrogen and oxygen atoms in total. The molecule has 0 amide bonds. The zero-order valence-electron chi connectivity index (χ0n) is 9.09. The Morgan fingerprint density at radius 2 is 2.07 bits per heavy atom. The second-order valence-electron chi connectivity index (χ2n) is 3.75. The first-order valence-electron chi connectivity index (χ1n) is 5.06. The van der Waals surface area contributed by atoms with Crippen LogP contribution in [-0.2, 0) is 0 Å². The predicted molar refractivity (Wildman–Crippen MR) is 64.3 cm³/mol. The molecule has 14 heavy (non-hydrogen) atoms. The fourth-order valence-electron chi connectivity index (χ4n) is 1.31. The number of hydrogen-bond acceptors (Lipinski definition) is 0. The highest BCUT2D eigenvalue weighted by atomic mass is 14.0. The van der Waals surface area contributed by atoms with Gasteiger partial charge < -0.3 is 0 Å². The van der Waals surface area contributed by atoms with Crippen molar-refractivity contribution in [2.24, 2.45) is 0 Å². The first-order chi connectivity index (χ1) is 6.70. The first-order valence-corrected chi connectivity index (χ1v) is 5.06. The van der Waals surface area contributed by atoms with E-state index in [0.717, 1.165) is 12.8 Å². The Bertz CT molecular complexity index is 332. The van der Waals surface area contributed by atoms with Crippen molar-refractivity contribution in [3.05, 3.63) is 53.6 Å². The molecule has 0 unspecified atom stereocenters. The van der Waals surface area contributed by atoms with Crippen molar-refractivity contribution in [2.75, 3.05) is 0 Å². The molecule has 0 heteroatoms. The van der Waals surface area contributed by atoms with Crippen LogP contribution < -0.4 is 0 Å². The van der Waals surface area contributed by atoms with Gasteiger partial charge in [0, 0.05) is 0 Å². The van der Waals surface area contributed by atoms with Gasteiger partial charge in [-0.3, -0.25) is 0 Å². The Balaban J connectivity index is 2.52. The van der Waals surface area contributed by atoms with Gasteiger partial charge in [-0.2, -0.15) is 0 Å². The third-order valence-corrected chi connectivity index (χ3v) is 2.22. The van der Waals surface area contributed by atoms with Crippen LogP contribution in [0.2, 0.25) is 0 Å². The minimum Gasteiger partial charge on any atom is -0.100 e. The lowest BCUT2D eigenvalue weighted by molar-refractivity contribution is 0.987. The van der Waals surface area contributed by atoms with Gasteiger partial charge in [0.2, 0.25) is 0 Å². The highest BCUT2D eigenvalue weighted by molar-refractivity contribution is 5.53. The van der Waals surface area contributed by atoms with Crippen molar-refractivity contribution in [1.29, 1.82) is 0 Å². The van der Waals surface area contributed by atoms with Gasteiger partial charge in [0.1, 0.15) is 0 Å². The smallest absolute Gasteiger partial charge is 0.0231 e. The standard InChI is InChI=1S/C14H18/c1-12(2)8-4-6-10-14-11-7-5-9-13(14)3/h5-7,9-11H,1,4,8H2,2-3H3/b10-6+. The summed E-state index contributed by atoms with van der Waals surface area (Å²) in [4.78, 5) is 0. The lowest BCUT2D eigenvalue weighted by atomic mass is 10.1. The molecule has 1 aromatic rings. The van der Waals surface area contributed by atoms with E-state index in [-0.39, 0.29) is 0 Å². The molecule has 0 saturated carbocycles. The van der Waals surface area contributed by atoms with Gasteiger partial charge in [-0.1, -0.05) is 42.0 Å². The van der Waals surface area contributed by atoms with Crippen LogP contribution in [0.3, 0.4) is 0 Å². The van der Waals surface area contributed by atoms with Crippen LogP contribution in [0.5, 0.6) is 0 Å². The van der Waals surface area contributed by atoms with E-state index in [1.165, 1.54) is 16.7 Å². The second-order valence-corrected chi connectivity index (χ2v) is 3.75. The average molecular weight is 186 g/mol. The summed E-state index contributed by atoms with van der Waals surface area (Å²) in [7, 11) is 0. The van der Waals surface area contributed by atoms with Crippen LogP contribution in [-0.4, -0.2) is 0 Å². The monoisotopic (exact) mass is 186 g/mol. The summed E-state index contributed by atoms with van der Waals surface area (Å²) in [5.41, 5.74) is 3.90. The maximum Gasteiger partial charge on any atom is -0.0231 e. The molecule has 0 aliphatic rings. The normalized spacial score (nSPS) is 10.7. The third-order valence-electron chi connectivity index (χ3n) is 2.22. The Kier molecular flexibility index (Phi) is 4.18. The van der Waals surface area contributed by atoms with E-state index < -0.39 is 0 Å². The Hall–Kier alpha value is -1.30. The van der Waals surface area contributed by atoms with E-state index in [2.05, 4.69) is 56.8 Å². The fraction of sp³-hybridized carbons (Fsp3) is 0.286. The van der Waals surface area contributed by atoms with Crippen LogP contribution in [0.4, 0.5) is 0 Å². The largest absolute Gasteiger partial charge is 0.100 e. The molecular weight excluding hydrogens is 168 g/mol. The number of benzene rings is 1. The molecule has 0 bridgehead atoms. The molecule has 1 rings (SSSR count). The van der Waals surface area contributed by atoms with Gasteiger partial charge in [0.15, 0.2) is 0 Å². The lowest BCUT2D eigenvalue weighted by Gasteiger charge is -1.98. The van der Waals surface area contributed by atoms with Crippen LogP contribution in [0.25, 0.3) is 6.08 Å². The minimum absolute atomic E-state index is 1.09.